The Kier molecular flexibility index (Phi) is 8.12. The van der Waals surface area contributed by atoms with Crippen LogP contribution in [0.25, 0.3) is 17.2 Å². The van der Waals surface area contributed by atoms with E-state index in [2.05, 4.69) is 66.7 Å². The highest BCUT2D eigenvalue weighted by atomic mass is 32.2. The zero-order valence-corrected chi connectivity index (χ0v) is 24.5. The molecule has 1 N–H and O–H groups in total. The molecule has 0 amide bonds. The number of fused-ring (bicyclic) bond motifs is 5. The molecule has 1 aliphatic heterocycles. The van der Waals surface area contributed by atoms with E-state index >= 15 is 0 Å². The van der Waals surface area contributed by atoms with Crippen LogP contribution in [0.3, 0.4) is 0 Å². The first-order chi connectivity index (χ1) is 20.9. The average molecular weight is 589 g/mol. The molecule has 1 heterocycles. The van der Waals surface area contributed by atoms with E-state index in [4.69, 9.17) is 9.84 Å². The van der Waals surface area contributed by atoms with Crippen LogP contribution >= 0.6 is 0 Å². The summed E-state index contributed by atoms with van der Waals surface area (Å²) in [4.78, 5) is 10.3. The van der Waals surface area contributed by atoms with Crippen LogP contribution in [0.4, 0.5) is 0 Å². The second-order valence-electron chi connectivity index (χ2n) is 10.9. The van der Waals surface area contributed by atoms with Gasteiger partial charge in [0.25, 0.3) is 0 Å². The van der Waals surface area contributed by atoms with Crippen molar-refractivity contribution in [2.24, 2.45) is 0 Å². The molecule has 1 unspecified atom stereocenters. The number of hydrogen-bond acceptors (Lipinski definition) is 4. The lowest BCUT2D eigenvalue weighted by Crippen LogP contribution is -2.27. The summed E-state index contributed by atoms with van der Waals surface area (Å²) in [6.07, 6.45) is 11.9. The van der Waals surface area contributed by atoms with Crippen LogP contribution in [0.5, 0.6) is 11.5 Å². The molecule has 43 heavy (non-hydrogen) atoms. The molecule has 4 aromatic carbocycles. The Labute approximate surface area is 252 Å². The normalized spacial score (nSPS) is 17.3. The fourth-order valence-corrected chi connectivity index (χ4v) is 7.03. The number of hydrogen-bond donors (Lipinski definition) is 1. The molecule has 4 aromatic rings. The maximum absolute atomic E-state index is 10.9. The highest BCUT2D eigenvalue weighted by Crippen LogP contribution is 2.39. The Morgan fingerprint density at radius 1 is 0.744 bits per heavy atom. The quantitative estimate of drug-likeness (QED) is 0.258. The third-order valence-corrected chi connectivity index (χ3v) is 9.67. The van der Waals surface area contributed by atoms with Crippen molar-refractivity contribution in [2.75, 3.05) is 0 Å². The molecular formula is C37H32O5S. The third kappa shape index (κ3) is 6.40. The van der Waals surface area contributed by atoms with Gasteiger partial charge in [-0.2, -0.15) is 0 Å². The number of sulfone groups is 1. The monoisotopic (exact) mass is 588 g/mol. The number of rotatable bonds is 5. The van der Waals surface area contributed by atoms with Crippen molar-refractivity contribution in [1.82, 2.24) is 0 Å². The van der Waals surface area contributed by atoms with Crippen LogP contribution < -0.4 is 4.74 Å². The summed E-state index contributed by atoms with van der Waals surface area (Å²) in [5.41, 5.74) is 11.8. The minimum atomic E-state index is -3.59. The molecule has 0 saturated heterocycles. The number of carboxylic acid groups (broad SMARTS) is 1. The summed E-state index contributed by atoms with van der Waals surface area (Å²) in [6.45, 7) is 0. The van der Waals surface area contributed by atoms with Gasteiger partial charge >= 0.3 is 5.97 Å². The van der Waals surface area contributed by atoms with Crippen LogP contribution in [0.1, 0.15) is 34.2 Å². The molecule has 7 rings (SSSR count). The van der Waals surface area contributed by atoms with Crippen LogP contribution in [-0.4, -0.2) is 24.7 Å². The Morgan fingerprint density at radius 2 is 1.47 bits per heavy atom. The summed E-state index contributed by atoms with van der Waals surface area (Å²) >= 11 is 0. The van der Waals surface area contributed by atoms with Crippen molar-refractivity contribution >= 4 is 21.9 Å². The zero-order valence-electron chi connectivity index (χ0n) is 23.6. The van der Waals surface area contributed by atoms with Gasteiger partial charge < -0.3 is 9.84 Å². The fourth-order valence-electron chi connectivity index (χ4n) is 5.96. The molecule has 0 fully saturated rings. The van der Waals surface area contributed by atoms with Crippen molar-refractivity contribution in [2.45, 2.75) is 37.4 Å². The molecule has 5 nitrogen and oxygen atoms in total. The van der Waals surface area contributed by atoms with Crippen molar-refractivity contribution in [3.8, 4) is 22.6 Å². The maximum Gasteiger partial charge on any atom is 0.326 e. The van der Waals surface area contributed by atoms with E-state index in [-0.39, 0.29) is 0 Å². The van der Waals surface area contributed by atoms with E-state index in [9.17, 15) is 13.2 Å². The van der Waals surface area contributed by atoms with E-state index in [1.807, 2.05) is 30.3 Å². The molecule has 2 aliphatic carbocycles. The van der Waals surface area contributed by atoms with E-state index in [1.165, 1.54) is 52.0 Å². The van der Waals surface area contributed by atoms with E-state index in [0.717, 1.165) is 48.7 Å². The molecule has 1 atom stereocenters. The van der Waals surface area contributed by atoms with Crippen LogP contribution in [0.15, 0.2) is 120 Å². The topological polar surface area (TPSA) is 80.7 Å². The molecule has 216 valence electrons. The van der Waals surface area contributed by atoms with E-state index < -0.39 is 21.1 Å². The van der Waals surface area contributed by atoms with Crippen molar-refractivity contribution < 1.29 is 23.1 Å². The van der Waals surface area contributed by atoms with Gasteiger partial charge in [-0.05, 0) is 95.3 Å². The molecular weight excluding hydrogens is 556 g/mol. The van der Waals surface area contributed by atoms with Crippen LogP contribution in [-0.2, 0) is 40.3 Å². The van der Waals surface area contributed by atoms with Gasteiger partial charge in [-0.15, -0.1) is 0 Å². The van der Waals surface area contributed by atoms with Crippen LogP contribution in [0.2, 0.25) is 0 Å². The summed E-state index contributed by atoms with van der Waals surface area (Å²) in [7, 11) is -3.59. The largest absolute Gasteiger partial charge is 0.480 e. The van der Waals surface area contributed by atoms with Gasteiger partial charge in [0, 0.05) is 5.41 Å². The fraction of sp³-hybridized carbons (Fsp3) is 0.162. The van der Waals surface area contributed by atoms with E-state index in [0.29, 0.717) is 0 Å². The number of allylic oxidation sites excluding steroid dienone is 3. The van der Waals surface area contributed by atoms with Crippen LogP contribution in [0, 0.1) is 0 Å². The first-order valence-corrected chi connectivity index (χ1v) is 16.0. The second kappa shape index (κ2) is 12.3. The molecule has 0 aromatic heterocycles. The Bertz CT molecular complexity index is 1850. The van der Waals surface area contributed by atoms with Crippen molar-refractivity contribution in [3.05, 3.63) is 148 Å². The molecule has 0 radical (unpaired) electrons. The standard InChI is InChI=1S/C31H26O.C6H6O4S/c1-2-7-26(8-3-1)32-27-15-10-22(11-16-27)20-23-12-17-29-25(21-23)14-19-30-28-9-5-4-6-24(28)13-18-31(29)30;7-6(8)5-3-1-2-4-11(5,9)10/h1-11,14-16,19,21H,12-13,17-18,20H2;1-5H,(H,7,8). The van der Waals surface area contributed by atoms with Crippen molar-refractivity contribution in [1.29, 1.82) is 0 Å². The maximum atomic E-state index is 10.9. The van der Waals surface area contributed by atoms with Gasteiger partial charge in [-0.1, -0.05) is 96.6 Å². The number of para-hydroxylation sites is 1. The molecule has 6 heteroatoms. The Balaban J connectivity index is 0.000000254. The highest BCUT2D eigenvalue weighted by molar-refractivity contribution is 7.95. The predicted octanol–water partition coefficient (Wildman–Crippen LogP) is 7.75. The van der Waals surface area contributed by atoms with Gasteiger partial charge in [-0.25, -0.2) is 8.42 Å². The zero-order chi connectivity index (χ0) is 29.8. The lowest BCUT2D eigenvalue weighted by molar-refractivity contribution is -0.135. The number of aryl methyl sites for hydroxylation is 1. The van der Waals surface area contributed by atoms with E-state index in [1.54, 1.807) is 11.1 Å². The predicted molar refractivity (Wildman–Crippen MR) is 171 cm³/mol. The lowest BCUT2D eigenvalue weighted by Gasteiger charge is -2.26. The molecule has 0 bridgehead atoms. The summed E-state index contributed by atoms with van der Waals surface area (Å²) in [6, 6.07) is 32.1. The molecule has 0 spiro atoms. The van der Waals surface area contributed by atoms with Gasteiger partial charge in [-0.3, -0.25) is 4.79 Å². The summed E-state index contributed by atoms with van der Waals surface area (Å²) in [5.74, 6) is 0.415. The first-order valence-electron chi connectivity index (χ1n) is 14.4. The van der Waals surface area contributed by atoms with Gasteiger partial charge in [0.1, 0.15) is 11.5 Å². The number of ether oxygens (including phenoxy) is 1. The molecule has 0 saturated carbocycles. The Hall–Kier alpha value is -4.68. The minimum absolute atomic E-state index is 0.873. The lowest BCUT2D eigenvalue weighted by atomic mass is 9.78. The van der Waals surface area contributed by atoms with Gasteiger partial charge in [0.15, 0.2) is 15.1 Å². The minimum Gasteiger partial charge on any atom is -0.480 e. The number of aliphatic carboxylic acids is 1. The SMILES string of the molecule is C1=C(Cc2ccc(Oc3ccccc3)cc2)CCc2c1ccc1c2CCc2ccccc2-1.O=C(O)C1C=CC=CS1(=O)=O. The number of benzene rings is 4. The summed E-state index contributed by atoms with van der Waals surface area (Å²) < 4.78 is 27.7. The third-order valence-electron chi connectivity index (χ3n) is 8.07. The second-order valence-corrected chi connectivity index (χ2v) is 12.9. The Morgan fingerprint density at radius 3 is 2.21 bits per heavy atom. The highest BCUT2D eigenvalue weighted by Gasteiger charge is 2.28. The smallest absolute Gasteiger partial charge is 0.326 e. The molecule has 3 aliphatic rings. The summed E-state index contributed by atoms with van der Waals surface area (Å²) in [5, 5.41) is 7.89. The number of carboxylic acids is 1. The average Bonchev–Trinajstić information content (AvgIpc) is 3.02. The van der Waals surface area contributed by atoms with Crippen molar-refractivity contribution in [3.63, 3.8) is 0 Å². The van der Waals surface area contributed by atoms with Gasteiger partial charge in [0.2, 0.25) is 0 Å². The number of carbonyl (C=O) groups is 1. The van der Waals surface area contributed by atoms with Gasteiger partial charge in [0.05, 0.1) is 0 Å². The first kappa shape index (κ1) is 28.4.